The number of aliphatic hydroxyl groups excluding tert-OH is 1. The minimum Gasteiger partial charge on any atom is -0.496 e. The third-order valence-corrected chi connectivity index (χ3v) is 3.60. The molecule has 1 N–H and O–H groups in total. The van der Waals surface area contributed by atoms with Gasteiger partial charge in [0.1, 0.15) is 18.1 Å². The SMILES string of the molecule is COc1ccc(Cl)cc1COc1c(Cl)cc(Cl)cc1CO. The average Bonchev–Trinajstić information content (AvgIpc) is 2.45. The van der Waals surface area contributed by atoms with Gasteiger partial charge in [-0.25, -0.2) is 0 Å². The van der Waals surface area contributed by atoms with Crippen LogP contribution in [0.1, 0.15) is 11.1 Å². The highest BCUT2D eigenvalue weighted by Crippen LogP contribution is 2.34. The van der Waals surface area contributed by atoms with E-state index in [1.807, 2.05) is 0 Å². The lowest BCUT2D eigenvalue weighted by atomic mass is 10.2. The van der Waals surface area contributed by atoms with Crippen LogP contribution in [0.3, 0.4) is 0 Å². The van der Waals surface area contributed by atoms with Crippen LogP contribution in [0.2, 0.25) is 15.1 Å². The van der Waals surface area contributed by atoms with E-state index >= 15 is 0 Å². The molecule has 0 aromatic heterocycles. The van der Waals surface area contributed by atoms with Gasteiger partial charge in [-0.3, -0.25) is 0 Å². The van der Waals surface area contributed by atoms with E-state index in [9.17, 15) is 5.11 Å². The summed E-state index contributed by atoms with van der Waals surface area (Å²) in [5.41, 5.74) is 1.30. The van der Waals surface area contributed by atoms with E-state index in [4.69, 9.17) is 44.3 Å². The Labute approximate surface area is 138 Å². The number of methoxy groups -OCH3 is 1. The Morgan fingerprint density at radius 1 is 1.00 bits per heavy atom. The van der Waals surface area contributed by atoms with E-state index in [0.29, 0.717) is 32.1 Å². The summed E-state index contributed by atoms with van der Waals surface area (Å²) in [6.45, 7) is -0.0135. The summed E-state index contributed by atoms with van der Waals surface area (Å²) in [4.78, 5) is 0. The maximum Gasteiger partial charge on any atom is 0.144 e. The number of halogens is 3. The standard InChI is InChI=1S/C15H13Cl3O3/c1-20-14-3-2-11(16)5-10(14)8-21-15-9(7-19)4-12(17)6-13(15)18/h2-6,19H,7-8H2,1H3. The fourth-order valence-electron chi connectivity index (χ4n) is 1.90. The van der Waals surface area contributed by atoms with E-state index in [-0.39, 0.29) is 13.2 Å². The van der Waals surface area contributed by atoms with Gasteiger partial charge in [0, 0.05) is 21.2 Å². The molecule has 3 nitrogen and oxygen atoms in total. The van der Waals surface area contributed by atoms with Crippen LogP contribution in [0.4, 0.5) is 0 Å². The summed E-state index contributed by atoms with van der Waals surface area (Å²) < 4.78 is 11.0. The third kappa shape index (κ3) is 3.95. The van der Waals surface area contributed by atoms with Crippen LogP contribution in [0.15, 0.2) is 30.3 Å². The molecule has 2 rings (SSSR count). The average molecular weight is 348 g/mol. The summed E-state index contributed by atoms with van der Waals surface area (Å²) >= 11 is 18.0. The molecule has 0 heterocycles. The van der Waals surface area contributed by atoms with E-state index < -0.39 is 0 Å². The second-order valence-electron chi connectivity index (χ2n) is 4.28. The predicted octanol–water partition coefficient (Wildman–Crippen LogP) is 4.73. The Morgan fingerprint density at radius 3 is 2.38 bits per heavy atom. The summed E-state index contributed by atoms with van der Waals surface area (Å²) in [7, 11) is 1.57. The molecule has 2 aromatic rings. The normalized spacial score (nSPS) is 10.5. The number of hydrogen-bond acceptors (Lipinski definition) is 3. The highest BCUT2D eigenvalue weighted by atomic mass is 35.5. The first kappa shape index (κ1) is 16.2. The molecule has 0 atom stereocenters. The highest BCUT2D eigenvalue weighted by Gasteiger charge is 2.12. The topological polar surface area (TPSA) is 38.7 Å². The summed E-state index contributed by atoms with van der Waals surface area (Å²) in [5, 5.41) is 10.7. The molecule has 0 bridgehead atoms. The molecule has 0 spiro atoms. The molecule has 0 amide bonds. The third-order valence-electron chi connectivity index (χ3n) is 2.87. The predicted molar refractivity (Wildman–Crippen MR) is 84.7 cm³/mol. The van der Waals surface area contributed by atoms with E-state index in [1.165, 1.54) is 0 Å². The molecule has 6 heteroatoms. The Morgan fingerprint density at radius 2 is 1.71 bits per heavy atom. The van der Waals surface area contributed by atoms with E-state index in [2.05, 4.69) is 0 Å². The second kappa shape index (κ2) is 7.23. The minimum absolute atomic E-state index is 0.206. The Balaban J connectivity index is 2.26. The first-order valence-electron chi connectivity index (χ1n) is 6.09. The summed E-state index contributed by atoms with van der Waals surface area (Å²) in [6, 6.07) is 8.42. The highest BCUT2D eigenvalue weighted by molar-refractivity contribution is 6.35. The van der Waals surface area contributed by atoms with Crippen LogP contribution in [0.25, 0.3) is 0 Å². The zero-order valence-corrected chi connectivity index (χ0v) is 13.5. The van der Waals surface area contributed by atoms with Gasteiger partial charge in [0.05, 0.1) is 18.7 Å². The molecule has 0 saturated carbocycles. The molecule has 0 unspecified atom stereocenters. The van der Waals surface area contributed by atoms with Crippen molar-refractivity contribution in [3.63, 3.8) is 0 Å². The molecule has 0 aliphatic carbocycles. The Bertz CT molecular complexity index is 644. The Kier molecular flexibility index (Phi) is 5.59. The van der Waals surface area contributed by atoms with Crippen molar-refractivity contribution >= 4 is 34.8 Å². The van der Waals surface area contributed by atoms with E-state index in [1.54, 1.807) is 37.4 Å². The first-order valence-corrected chi connectivity index (χ1v) is 7.22. The van der Waals surface area contributed by atoms with E-state index in [0.717, 1.165) is 5.56 Å². The van der Waals surface area contributed by atoms with Gasteiger partial charge in [-0.1, -0.05) is 34.8 Å². The second-order valence-corrected chi connectivity index (χ2v) is 5.56. The monoisotopic (exact) mass is 346 g/mol. The zero-order chi connectivity index (χ0) is 15.4. The lowest BCUT2D eigenvalue weighted by Crippen LogP contribution is -2.02. The van der Waals surface area contributed by atoms with Crippen molar-refractivity contribution in [2.45, 2.75) is 13.2 Å². The van der Waals surface area contributed by atoms with Crippen LogP contribution in [-0.2, 0) is 13.2 Å². The largest absolute Gasteiger partial charge is 0.496 e. The van der Waals surface area contributed by atoms with Crippen molar-refractivity contribution in [1.29, 1.82) is 0 Å². The van der Waals surface area contributed by atoms with Gasteiger partial charge in [0.25, 0.3) is 0 Å². The molecule has 112 valence electrons. The summed E-state index contributed by atoms with van der Waals surface area (Å²) in [6.07, 6.45) is 0. The number of hydrogen-bond donors (Lipinski definition) is 1. The van der Waals surface area contributed by atoms with Crippen molar-refractivity contribution in [1.82, 2.24) is 0 Å². The summed E-state index contributed by atoms with van der Waals surface area (Å²) in [5.74, 6) is 1.06. The molecule has 0 aliphatic rings. The smallest absolute Gasteiger partial charge is 0.144 e. The molecule has 0 aliphatic heterocycles. The number of rotatable bonds is 5. The lowest BCUT2D eigenvalue weighted by Gasteiger charge is -2.14. The van der Waals surface area contributed by atoms with Gasteiger partial charge in [0.15, 0.2) is 0 Å². The van der Waals surface area contributed by atoms with Gasteiger partial charge in [-0.15, -0.1) is 0 Å². The molecule has 21 heavy (non-hydrogen) atoms. The molecular weight excluding hydrogens is 335 g/mol. The molecule has 0 saturated heterocycles. The van der Waals surface area contributed by atoms with Crippen LogP contribution in [0.5, 0.6) is 11.5 Å². The van der Waals surface area contributed by atoms with Crippen LogP contribution in [0, 0.1) is 0 Å². The zero-order valence-electron chi connectivity index (χ0n) is 11.2. The van der Waals surface area contributed by atoms with Gasteiger partial charge in [-0.05, 0) is 30.3 Å². The lowest BCUT2D eigenvalue weighted by molar-refractivity contribution is 0.257. The van der Waals surface area contributed by atoms with Crippen molar-refractivity contribution in [3.05, 3.63) is 56.5 Å². The first-order chi connectivity index (χ1) is 10.0. The van der Waals surface area contributed by atoms with Gasteiger partial charge in [0.2, 0.25) is 0 Å². The quantitative estimate of drug-likeness (QED) is 0.850. The molecule has 0 fully saturated rings. The van der Waals surface area contributed by atoms with Crippen LogP contribution >= 0.6 is 34.8 Å². The molecular formula is C15H13Cl3O3. The van der Waals surface area contributed by atoms with Crippen molar-refractivity contribution in [3.8, 4) is 11.5 Å². The van der Waals surface area contributed by atoms with Crippen molar-refractivity contribution in [2.24, 2.45) is 0 Å². The Hall–Kier alpha value is -1.13. The maximum atomic E-state index is 9.37. The maximum absolute atomic E-state index is 9.37. The minimum atomic E-state index is -0.220. The fraction of sp³-hybridized carbons (Fsp3) is 0.200. The van der Waals surface area contributed by atoms with Crippen molar-refractivity contribution in [2.75, 3.05) is 7.11 Å². The number of benzene rings is 2. The van der Waals surface area contributed by atoms with Gasteiger partial charge in [-0.2, -0.15) is 0 Å². The number of aliphatic hydroxyl groups is 1. The molecule has 2 aromatic carbocycles. The van der Waals surface area contributed by atoms with Gasteiger partial charge < -0.3 is 14.6 Å². The molecule has 0 radical (unpaired) electrons. The fourth-order valence-corrected chi connectivity index (χ4v) is 2.69. The van der Waals surface area contributed by atoms with Gasteiger partial charge >= 0.3 is 0 Å². The van der Waals surface area contributed by atoms with Crippen molar-refractivity contribution < 1.29 is 14.6 Å². The van der Waals surface area contributed by atoms with Crippen LogP contribution < -0.4 is 9.47 Å². The number of ether oxygens (including phenoxy) is 2. The van der Waals surface area contributed by atoms with Crippen LogP contribution in [-0.4, -0.2) is 12.2 Å².